The lowest BCUT2D eigenvalue weighted by Crippen LogP contribution is -2.36. The number of nitrogens with zero attached hydrogens (tertiary/aromatic N) is 1. The molecule has 0 saturated heterocycles. The summed E-state index contributed by atoms with van der Waals surface area (Å²) in [4.78, 5) is 11.1. The lowest BCUT2D eigenvalue weighted by molar-refractivity contribution is -0.124. The maximum absolute atomic E-state index is 12.4. The van der Waals surface area contributed by atoms with Gasteiger partial charge in [0.15, 0.2) is 0 Å². The van der Waals surface area contributed by atoms with Crippen LogP contribution in [-0.2, 0) is 29.6 Å². The van der Waals surface area contributed by atoms with Crippen molar-refractivity contribution in [2.24, 2.45) is 5.92 Å². The first-order valence-electron chi connectivity index (χ1n) is 6.71. The van der Waals surface area contributed by atoms with E-state index < -0.39 is 36.8 Å². The molecule has 0 saturated carbocycles. The van der Waals surface area contributed by atoms with Crippen molar-refractivity contribution in [1.82, 2.24) is 9.03 Å². The lowest BCUT2D eigenvalue weighted by atomic mass is 10.2. The Morgan fingerprint density at radius 2 is 1.88 bits per heavy atom. The molecule has 1 amide bonds. The van der Waals surface area contributed by atoms with Crippen LogP contribution in [0.3, 0.4) is 0 Å². The van der Waals surface area contributed by atoms with E-state index in [0.29, 0.717) is 0 Å². The highest BCUT2D eigenvalue weighted by Gasteiger charge is 2.27. The van der Waals surface area contributed by atoms with Crippen LogP contribution in [0.4, 0.5) is 0 Å². The van der Waals surface area contributed by atoms with E-state index in [9.17, 15) is 21.6 Å². The molecule has 0 radical (unpaired) electrons. The molecular weight excluding hydrogens is 380 g/mol. The zero-order valence-corrected chi connectivity index (χ0v) is 16.0. The van der Waals surface area contributed by atoms with Crippen molar-refractivity contribution >= 4 is 37.6 Å². The fourth-order valence-corrected chi connectivity index (χ4v) is 4.28. The molecule has 1 rings (SSSR count). The molecule has 0 unspecified atom stereocenters. The van der Waals surface area contributed by atoms with Crippen LogP contribution in [0.2, 0.25) is 5.02 Å². The zero-order chi connectivity index (χ0) is 18.7. The highest BCUT2D eigenvalue weighted by atomic mass is 35.5. The number of hydrogen-bond donors (Lipinski definition) is 1. The van der Waals surface area contributed by atoms with Gasteiger partial charge in [-0.25, -0.2) is 25.9 Å². The van der Waals surface area contributed by atoms with Crippen LogP contribution in [0.25, 0.3) is 0 Å². The number of sulfonamides is 2. The molecule has 0 aliphatic heterocycles. The predicted octanol–water partition coefficient (Wildman–Crippen LogP) is 0.678. The van der Waals surface area contributed by atoms with E-state index in [1.807, 2.05) is 4.72 Å². The number of amides is 1. The van der Waals surface area contributed by atoms with Gasteiger partial charge in [-0.15, -0.1) is 0 Å². The lowest BCUT2D eigenvalue weighted by Gasteiger charge is -2.15. The molecule has 11 heteroatoms. The molecule has 8 nitrogen and oxygen atoms in total. The first-order chi connectivity index (χ1) is 10.9. The van der Waals surface area contributed by atoms with Gasteiger partial charge in [0.1, 0.15) is 4.90 Å². The molecule has 0 fully saturated rings. The maximum Gasteiger partial charge on any atom is 0.265 e. The van der Waals surface area contributed by atoms with Gasteiger partial charge in [-0.3, -0.25) is 4.79 Å². The summed E-state index contributed by atoms with van der Waals surface area (Å²) >= 11 is 5.87. The Morgan fingerprint density at radius 3 is 2.38 bits per heavy atom. The number of ether oxygens (including phenoxy) is 1. The van der Waals surface area contributed by atoms with Crippen LogP contribution < -0.4 is 4.72 Å². The number of nitrogens with one attached hydrogen (secondary N) is 1. The summed E-state index contributed by atoms with van der Waals surface area (Å²) in [5, 5.41) is -0.201. The van der Waals surface area contributed by atoms with Crippen molar-refractivity contribution in [1.29, 1.82) is 0 Å². The van der Waals surface area contributed by atoms with Gasteiger partial charge in [0.2, 0.25) is 15.9 Å². The van der Waals surface area contributed by atoms with E-state index in [0.717, 1.165) is 16.4 Å². The molecule has 1 aromatic carbocycles. The summed E-state index contributed by atoms with van der Waals surface area (Å²) in [6.07, 6.45) is 0. The van der Waals surface area contributed by atoms with Gasteiger partial charge >= 0.3 is 0 Å². The van der Waals surface area contributed by atoms with E-state index in [2.05, 4.69) is 0 Å². The topological polar surface area (TPSA) is 110 Å². The third-order valence-electron chi connectivity index (χ3n) is 3.07. The molecule has 1 aromatic rings. The number of hydrogen-bond acceptors (Lipinski definition) is 6. The van der Waals surface area contributed by atoms with Crippen molar-refractivity contribution in [2.45, 2.75) is 16.7 Å². The third kappa shape index (κ3) is 4.67. The van der Waals surface area contributed by atoms with Crippen LogP contribution in [0.15, 0.2) is 28.0 Å². The van der Waals surface area contributed by atoms with Gasteiger partial charge in [0.05, 0.1) is 22.4 Å². The molecule has 1 N–H and O–H groups in total. The van der Waals surface area contributed by atoms with Crippen molar-refractivity contribution < 1.29 is 26.4 Å². The minimum atomic E-state index is -4.33. The molecule has 0 aliphatic rings. The van der Waals surface area contributed by atoms with Gasteiger partial charge in [0.25, 0.3) is 10.0 Å². The van der Waals surface area contributed by atoms with Gasteiger partial charge in [-0.05, 0) is 18.2 Å². The van der Waals surface area contributed by atoms with Gasteiger partial charge in [-0.2, -0.15) is 0 Å². The summed E-state index contributed by atoms with van der Waals surface area (Å²) in [7, 11) is -4.18. The molecule has 0 aromatic heterocycles. The first kappa shape index (κ1) is 20.8. The Kier molecular flexibility index (Phi) is 6.76. The number of rotatable bonds is 7. The van der Waals surface area contributed by atoms with Crippen LogP contribution in [0.5, 0.6) is 0 Å². The molecule has 0 heterocycles. The Labute approximate surface area is 146 Å². The second-order valence-corrected chi connectivity index (χ2v) is 9.42. The van der Waals surface area contributed by atoms with Crippen molar-refractivity contribution in [2.75, 3.05) is 27.8 Å². The first-order valence-corrected chi connectivity index (χ1v) is 10.0. The van der Waals surface area contributed by atoms with Crippen LogP contribution >= 0.6 is 11.6 Å². The molecule has 0 bridgehead atoms. The third-order valence-corrected chi connectivity index (χ3v) is 6.71. The summed E-state index contributed by atoms with van der Waals surface area (Å²) in [6, 6.07) is 3.25. The summed E-state index contributed by atoms with van der Waals surface area (Å²) in [5.41, 5.74) is 0. The Balaban J connectivity index is 3.28. The number of methoxy groups -OCH3 is 1. The maximum atomic E-state index is 12.4. The van der Waals surface area contributed by atoms with Gasteiger partial charge in [0, 0.05) is 21.2 Å². The SMILES string of the molecule is COC[C@H](C)C(=O)NS(=O)(=O)c1cc(S(=O)(=O)N(C)C)ccc1Cl. The van der Waals surface area contributed by atoms with Gasteiger partial charge < -0.3 is 4.74 Å². The summed E-state index contributed by atoms with van der Waals surface area (Å²) in [5.74, 6) is -1.49. The minimum Gasteiger partial charge on any atom is -0.384 e. The molecule has 0 spiro atoms. The molecule has 0 aliphatic carbocycles. The molecule has 136 valence electrons. The average molecular weight is 399 g/mol. The van der Waals surface area contributed by atoms with E-state index in [1.54, 1.807) is 0 Å². The normalized spacial score (nSPS) is 13.8. The Bertz CT molecular complexity index is 821. The predicted molar refractivity (Wildman–Crippen MR) is 88.7 cm³/mol. The average Bonchev–Trinajstić information content (AvgIpc) is 2.46. The summed E-state index contributed by atoms with van der Waals surface area (Å²) < 4.78 is 56.6. The second-order valence-electron chi connectivity index (χ2n) is 5.21. The molecule has 24 heavy (non-hydrogen) atoms. The smallest absolute Gasteiger partial charge is 0.265 e. The second kappa shape index (κ2) is 7.79. The van der Waals surface area contributed by atoms with Crippen molar-refractivity contribution in [3.8, 4) is 0 Å². The highest BCUT2D eigenvalue weighted by molar-refractivity contribution is 7.90. The monoisotopic (exact) mass is 398 g/mol. The number of carbonyl (C=O) groups is 1. The van der Waals surface area contributed by atoms with E-state index in [1.165, 1.54) is 34.2 Å². The Morgan fingerprint density at radius 1 is 1.29 bits per heavy atom. The summed E-state index contributed by atoms with van der Waals surface area (Å²) in [6.45, 7) is 1.52. The van der Waals surface area contributed by atoms with E-state index in [-0.39, 0.29) is 16.5 Å². The number of carbonyl (C=O) groups excluding carboxylic acids is 1. The molecule has 1 atom stereocenters. The zero-order valence-electron chi connectivity index (χ0n) is 13.6. The quantitative estimate of drug-likeness (QED) is 0.723. The number of halogens is 1. The largest absolute Gasteiger partial charge is 0.384 e. The van der Waals surface area contributed by atoms with E-state index >= 15 is 0 Å². The van der Waals surface area contributed by atoms with Crippen molar-refractivity contribution in [3.05, 3.63) is 23.2 Å². The fourth-order valence-electron chi connectivity index (χ4n) is 1.67. The molecular formula is C13H19ClN2O6S2. The highest BCUT2D eigenvalue weighted by Crippen LogP contribution is 2.26. The van der Waals surface area contributed by atoms with Crippen molar-refractivity contribution in [3.63, 3.8) is 0 Å². The fraction of sp³-hybridized carbons (Fsp3) is 0.462. The number of benzene rings is 1. The minimum absolute atomic E-state index is 0.0319. The standard InChI is InChI=1S/C13H19ClN2O6S2/c1-9(8-22-4)13(17)15-23(18,19)12-7-10(5-6-11(12)14)24(20,21)16(2)3/h5-7,9H,8H2,1-4H3,(H,15,17)/t9-/m0/s1. The van der Waals surface area contributed by atoms with Gasteiger partial charge in [-0.1, -0.05) is 18.5 Å². The van der Waals surface area contributed by atoms with E-state index in [4.69, 9.17) is 16.3 Å². The van der Waals surface area contributed by atoms with Crippen LogP contribution in [0.1, 0.15) is 6.92 Å². The Hall–Kier alpha value is -1.20. The van der Waals surface area contributed by atoms with Crippen LogP contribution in [-0.4, -0.2) is 54.9 Å². The van der Waals surface area contributed by atoms with Crippen LogP contribution in [0, 0.1) is 5.92 Å².